The fraction of sp³-hybridized carbons (Fsp3) is 0. The molecule has 11 rings (SSSR count). The number of hydrogen-bond acceptors (Lipinski definition) is 4. The quantitative estimate of drug-likeness (QED) is 0.172. The van der Waals surface area contributed by atoms with Gasteiger partial charge in [0.2, 0.25) is 0 Å². The molecule has 5 nitrogen and oxygen atoms in total. The summed E-state index contributed by atoms with van der Waals surface area (Å²) in [5.41, 5.74) is 12.1. The molecule has 8 aromatic carbocycles. The van der Waals surface area contributed by atoms with Crippen molar-refractivity contribution in [1.29, 1.82) is 0 Å². The van der Waals surface area contributed by atoms with Crippen molar-refractivity contribution in [3.63, 3.8) is 0 Å². The summed E-state index contributed by atoms with van der Waals surface area (Å²) in [7, 11) is 0. The van der Waals surface area contributed by atoms with Gasteiger partial charge in [-0.3, -0.25) is 0 Å². The second-order valence-electron chi connectivity index (χ2n) is 14.0. The Balaban J connectivity index is 1.13. The molecule has 56 heavy (non-hydrogen) atoms. The summed E-state index contributed by atoms with van der Waals surface area (Å²) in [6.45, 7) is 0. The normalized spacial score (nSPS) is 11.6. The minimum absolute atomic E-state index is 0.586. The molecule has 0 aliphatic carbocycles. The Morgan fingerprint density at radius 1 is 0.339 bits per heavy atom. The molecule has 0 unspecified atom stereocenters. The van der Waals surface area contributed by atoms with Gasteiger partial charge in [0, 0.05) is 49.5 Å². The Hall–Kier alpha value is -7.63. The van der Waals surface area contributed by atoms with Crippen molar-refractivity contribution in [2.24, 2.45) is 0 Å². The van der Waals surface area contributed by atoms with Gasteiger partial charge in [0.05, 0.1) is 11.0 Å². The standard InChI is InChI=1S/C51H32N4O/c1-4-14-33(15-5-1)34-24-26-35(27-25-34)43-31-39(55-45-22-12-10-20-40(45)41-21-11-13-23-46(41)55)32-44-42-29-28-38(30-47(42)56-48(43)44)51-53-49(36-16-6-2-7-17-36)52-50(54-51)37-18-8-3-9-19-37/h1-32H. The lowest BCUT2D eigenvalue weighted by Crippen LogP contribution is -2.00. The van der Waals surface area contributed by atoms with Gasteiger partial charge in [-0.25, -0.2) is 15.0 Å². The van der Waals surface area contributed by atoms with Crippen LogP contribution >= 0.6 is 0 Å². The van der Waals surface area contributed by atoms with Crippen molar-refractivity contribution in [1.82, 2.24) is 19.5 Å². The first-order chi connectivity index (χ1) is 27.7. The molecule has 0 saturated heterocycles. The van der Waals surface area contributed by atoms with E-state index in [0.717, 1.165) is 66.5 Å². The van der Waals surface area contributed by atoms with Crippen LogP contribution in [0.4, 0.5) is 0 Å². The summed E-state index contributed by atoms with van der Waals surface area (Å²) < 4.78 is 9.29. The van der Waals surface area contributed by atoms with Crippen LogP contribution < -0.4 is 0 Å². The number of nitrogens with zero attached hydrogens (tertiary/aromatic N) is 4. The molecule has 11 aromatic rings. The van der Waals surface area contributed by atoms with Crippen molar-refractivity contribution < 1.29 is 4.42 Å². The fourth-order valence-corrected chi connectivity index (χ4v) is 7.96. The lowest BCUT2D eigenvalue weighted by atomic mass is 9.98. The van der Waals surface area contributed by atoms with Gasteiger partial charge in [-0.15, -0.1) is 0 Å². The van der Waals surface area contributed by atoms with Crippen molar-refractivity contribution in [3.8, 4) is 62.1 Å². The average molecular weight is 717 g/mol. The van der Waals surface area contributed by atoms with Crippen LogP contribution in [0, 0.1) is 0 Å². The molecule has 3 aromatic heterocycles. The molecule has 0 fully saturated rings. The van der Waals surface area contributed by atoms with Crippen molar-refractivity contribution in [3.05, 3.63) is 194 Å². The number of benzene rings is 8. The predicted octanol–water partition coefficient (Wildman–Crippen LogP) is 13.2. The fourth-order valence-electron chi connectivity index (χ4n) is 7.96. The molecule has 0 amide bonds. The minimum atomic E-state index is 0.586. The number of fused-ring (bicyclic) bond motifs is 6. The zero-order valence-electron chi connectivity index (χ0n) is 30.2. The Labute approximate surface area is 322 Å². The summed E-state index contributed by atoms with van der Waals surface area (Å²) in [5.74, 6) is 1.83. The molecule has 0 aliphatic rings. The number of aromatic nitrogens is 4. The topological polar surface area (TPSA) is 56.7 Å². The molecule has 0 bridgehead atoms. The Kier molecular flexibility index (Phi) is 7.42. The number of furan rings is 1. The lowest BCUT2D eigenvalue weighted by molar-refractivity contribution is 0.670. The molecule has 5 heteroatoms. The van der Waals surface area contributed by atoms with E-state index in [4.69, 9.17) is 19.4 Å². The van der Waals surface area contributed by atoms with E-state index in [1.807, 2.05) is 66.7 Å². The third-order valence-electron chi connectivity index (χ3n) is 10.7. The van der Waals surface area contributed by atoms with Crippen LogP contribution in [0.3, 0.4) is 0 Å². The Bertz CT molecular complexity index is 3110. The first-order valence-electron chi connectivity index (χ1n) is 18.8. The van der Waals surface area contributed by atoms with Gasteiger partial charge >= 0.3 is 0 Å². The van der Waals surface area contributed by atoms with E-state index in [1.165, 1.54) is 21.9 Å². The second-order valence-corrected chi connectivity index (χ2v) is 14.0. The van der Waals surface area contributed by atoms with Gasteiger partial charge in [-0.2, -0.15) is 0 Å². The van der Waals surface area contributed by atoms with Crippen LogP contribution in [-0.2, 0) is 0 Å². The molecule has 0 N–H and O–H groups in total. The first-order valence-corrected chi connectivity index (χ1v) is 18.8. The van der Waals surface area contributed by atoms with Crippen molar-refractivity contribution in [2.75, 3.05) is 0 Å². The van der Waals surface area contributed by atoms with Gasteiger partial charge < -0.3 is 8.98 Å². The summed E-state index contributed by atoms with van der Waals surface area (Å²) >= 11 is 0. The summed E-state index contributed by atoms with van der Waals surface area (Å²) in [6, 6.07) is 67.5. The molecule has 0 spiro atoms. The Morgan fingerprint density at radius 3 is 1.39 bits per heavy atom. The van der Waals surface area contributed by atoms with E-state index in [0.29, 0.717) is 17.5 Å². The van der Waals surface area contributed by atoms with Crippen LogP contribution in [-0.4, -0.2) is 19.5 Å². The minimum Gasteiger partial charge on any atom is -0.455 e. The monoisotopic (exact) mass is 716 g/mol. The first kappa shape index (κ1) is 31.9. The third-order valence-corrected chi connectivity index (χ3v) is 10.7. The predicted molar refractivity (Wildman–Crippen MR) is 229 cm³/mol. The number of para-hydroxylation sites is 2. The number of hydrogen-bond donors (Lipinski definition) is 0. The molecular formula is C51H32N4O. The summed E-state index contributed by atoms with van der Waals surface area (Å²) in [5, 5.41) is 4.51. The third kappa shape index (κ3) is 5.37. The van der Waals surface area contributed by atoms with E-state index in [9.17, 15) is 0 Å². The molecular weight excluding hydrogens is 685 g/mol. The maximum Gasteiger partial charge on any atom is 0.164 e. The highest BCUT2D eigenvalue weighted by molar-refractivity contribution is 6.13. The SMILES string of the molecule is c1ccc(-c2ccc(-c3cc(-n4c5ccccc5c5ccccc54)cc4c3oc3cc(-c5nc(-c6ccccc6)nc(-c6ccccc6)n5)ccc34)cc2)cc1. The zero-order valence-corrected chi connectivity index (χ0v) is 30.2. The highest BCUT2D eigenvalue weighted by Gasteiger charge is 2.20. The molecule has 262 valence electrons. The van der Waals surface area contributed by atoms with Gasteiger partial charge in [-0.05, 0) is 53.1 Å². The highest BCUT2D eigenvalue weighted by Crippen LogP contribution is 2.42. The summed E-state index contributed by atoms with van der Waals surface area (Å²) in [6.07, 6.45) is 0. The second kappa shape index (κ2) is 13.0. The molecule has 0 saturated carbocycles. The van der Waals surface area contributed by atoms with Crippen molar-refractivity contribution in [2.45, 2.75) is 0 Å². The van der Waals surface area contributed by atoms with Gasteiger partial charge in [-0.1, -0.05) is 158 Å². The van der Waals surface area contributed by atoms with Gasteiger partial charge in [0.1, 0.15) is 11.2 Å². The smallest absolute Gasteiger partial charge is 0.164 e. The highest BCUT2D eigenvalue weighted by atomic mass is 16.3. The molecule has 0 atom stereocenters. The van der Waals surface area contributed by atoms with Crippen molar-refractivity contribution >= 4 is 43.7 Å². The molecule has 3 heterocycles. The number of rotatable bonds is 6. The Morgan fingerprint density at radius 2 is 0.804 bits per heavy atom. The van der Waals surface area contributed by atoms with E-state index in [1.54, 1.807) is 0 Å². The maximum absolute atomic E-state index is 6.91. The van der Waals surface area contributed by atoms with Crippen LogP contribution in [0.5, 0.6) is 0 Å². The lowest BCUT2D eigenvalue weighted by Gasteiger charge is -2.12. The van der Waals surface area contributed by atoms with Gasteiger partial charge in [0.15, 0.2) is 17.5 Å². The van der Waals surface area contributed by atoms with Crippen LogP contribution in [0.15, 0.2) is 199 Å². The molecule has 0 radical (unpaired) electrons. The average Bonchev–Trinajstić information content (AvgIpc) is 3.82. The van der Waals surface area contributed by atoms with Crippen LogP contribution in [0.2, 0.25) is 0 Å². The van der Waals surface area contributed by atoms with Crippen LogP contribution in [0.25, 0.3) is 106 Å². The zero-order chi connectivity index (χ0) is 37.0. The van der Waals surface area contributed by atoms with E-state index in [2.05, 4.69) is 132 Å². The summed E-state index contributed by atoms with van der Waals surface area (Å²) in [4.78, 5) is 14.9. The van der Waals surface area contributed by atoms with E-state index in [-0.39, 0.29) is 0 Å². The van der Waals surface area contributed by atoms with E-state index >= 15 is 0 Å². The van der Waals surface area contributed by atoms with E-state index < -0.39 is 0 Å². The largest absolute Gasteiger partial charge is 0.455 e. The van der Waals surface area contributed by atoms with Crippen LogP contribution in [0.1, 0.15) is 0 Å². The maximum atomic E-state index is 6.91. The van der Waals surface area contributed by atoms with Gasteiger partial charge in [0.25, 0.3) is 0 Å². The molecule has 0 aliphatic heterocycles.